The minimum atomic E-state index is -5.08. The molecular formula is C16H14F3N3O3S. The number of alkyl halides is 3. The number of aromatic nitrogens is 2. The summed E-state index contributed by atoms with van der Waals surface area (Å²) in [4.78, 5) is 17.3. The highest BCUT2D eigenvalue weighted by Gasteiger charge is 2.38. The number of hydrogen-bond acceptors (Lipinski definition) is 6. The Balaban J connectivity index is 0.000000298. The van der Waals surface area contributed by atoms with Gasteiger partial charge in [-0.05, 0) is 30.7 Å². The summed E-state index contributed by atoms with van der Waals surface area (Å²) in [5.41, 5.74) is 8.76. The van der Waals surface area contributed by atoms with Crippen LogP contribution >= 0.6 is 11.3 Å². The second-order valence-corrected chi connectivity index (χ2v) is 5.94. The summed E-state index contributed by atoms with van der Waals surface area (Å²) in [6.45, 7) is 2.59. The Hall–Kier alpha value is -2.88. The van der Waals surface area contributed by atoms with Crippen molar-refractivity contribution in [2.75, 3.05) is 12.3 Å². The van der Waals surface area contributed by atoms with Gasteiger partial charge in [0.15, 0.2) is 5.13 Å². The molecule has 0 fully saturated rings. The van der Waals surface area contributed by atoms with E-state index < -0.39 is 12.1 Å². The second-order valence-electron chi connectivity index (χ2n) is 4.88. The normalized spacial score (nSPS) is 10.9. The maximum atomic E-state index is 10.6. The molecule has 0 aliphatic heterocycles. The van der Waals surface area contributed by atoms with Crippen molar-refractivity contribution in [1.82, 2.24) is 9.97 Å². The minimum absolute atomic E-state index is 0.591. The molecule has 1 aromatic carbocycles. The molecule has 0 unspecified atom stereocenters. The Bertz CT molecular complexity index is 912. The third kappa shape index (κ3) is 5.06. The number of rotatable bonds is 3. The molecule has 10 heteroatoms. The first kappa shape index (κ1) is 19.4. The Morgan fingerprint density at radius 1 is 1.27 bits per heavy atom. The Morgan fingerprint density at radius 2 is 1.96 bits per heavy atom. The number of carboxylic acids is 1. The third-order valence-electron chi connectivity index (χ3n) is 3.00. The van der Waals surface area contributed by atoms with Crippen molar-refractivity contribution >= 4 is 32.7 Å². The van der Waals surface area contributed by atoms with Crippen LogP contribution in [0.1, 0.15) is 6.92 Å². The standard InChI is InChI=1S/C14H13N3OS.C2HF3O2/c1-2-18-11-5-10(7-16-8-11)9-3-4-12-13(6-9)19-14(15)17-12;3-2(4,5)1(6)7/h3-8H,2H2,1H3,(H2,15,17);(H,6,7). The van der Waals surface area contributed by atoms with Crippen LogP contribution in [0.4, 0.5) is 18.3 Å². The number of nitrogens with two attached hydrogens (primary N) is 1. The smallest absolute Gasteiger partial charge is 0.490 e. The molecule has 0 bridgehead atoms. The molecule has 138 valence electrons. The number of aliphatic carboxylic acids is 1. The molecule has 2 aromatic heterocycles. The maximum absolute atomic E-state index is 10.6. The highest BCUT2D eigenvalue weighted by Crippen LogP contribution is 2.30. The van der Waals surface area contributed by atoms with Crippen molar-refractivity contribution < 1.29 is 27.8 Å². The van der Waals surface area contributed by atoms with Gasteiger partial charge in [0.2, 0.25) is 0 Å². The highest BCUT2D eigenvalue weighted by atomic mass is 32.1. The van der Waals surface area contributed by atoms with Crippen LogP contribution < -0.4 is 10.5 Å². The number of nitrogen functional groups attached to an aromatic ring is 1. The first-order chi connectivity index (χ1) is 12.2. The van der Waals surface area contributed by atoms with Crippen molar-refractivity contribution in [1.29, 1.82) is 0 Å². The van der Waals surface area contributed by atoms with Crippen LogP contribution in [-0.4, -0.2) is 33.8 Å². The molecular weight excluding hydrogens is 371 g/mol. The lowest BCUT2D eigenvalue weighted by molar-refractivity contribution is -0.192. The molecule has 0 aliphatic rings. The zero-order valence-electron chi connectivity index (χ0n) is 13.4. The van der Waals surface area contributed by atoms with E-state index in [4.69, 9.17) is 20.4 Å². The first-order valence-electron chi connectivity index (χ1n) is 7.25. The lowest BCUT2D eigenvalue weighted by Crippen LogP contribution is -2.21. The second kappa shape index (κ2) is 8.00. The lowest BCUT2D eigenvalue weighted by atomic mass is 10.1. The lowest BCUT2D eigenvalue weighted by Gasteiger charge is -2.05. The van der Waals surface area contributed by atoms with E-state index in [1.165, 1.54) is 11.3 Å². The van der Waals surface area contributed by atoms with Crippen LogP contribution in [0.2, 0.25) is 0 Å². The van der Waals surface area contributed by atoms with E-state index in [1.807, 2.05) is 31.3 Å². The Labute approximate surface area is 150 Å². The summed E-state index contributed by atoms with van der Waals surface area (Å²) in [5, 5.41) is 7.72. The molecule has 2 heterocycles. The highest BCUT2D eigenvalue weighted by molar-refractivity contribution is 7.22. The van der Waals surface area contributed by atoms with Crippen molar-refractivity contribution in [3.05, 3.63) is 36.7 Å². The van der Waals surface area contributed by atoms with Crippen LogP contribution in [0.5, 0.6) is 5.75 Å². The number of anilines is 1. The molecule has 3 aromatic rings. The zero-order valence-corrected chi connectivity index (χ0v) is 14.3. The third-order valence-corrected chi connectivity index (χ3v) is 3.85. The number of ether oxygens (including phenoxy) is 1. The number of pyridine rings is 1. The fourth-order valence-corrected chi connectivity index (χ4v) is 2.72. The number of hydrogen-bond donors (Lipinski definition) is 2. The largest absolute Gasteiger partial charge is 0.492 e. The zero-order chi connectivity index (χ0) is 19.3. The van der Waals surface area contributed by atoms with Crippen molar-refractivity contribution in [3.63, 3.8) is 0 Å². The van der Waals surface area contributed by atoms with Crippen LogP contribution in [0.25, 0.3) is 21.3 Å². The van der Waals surface area contributed by atoms with E-state index >= 15 is 0 Å². The van der Waals surface area contributed by atoms with Gasteiger partial charge in [0.1, 0.15) is 5.75 Å². The van der Waals surface area contributed by atoms with E-state index in [2.05, 4.69) is 16.0 Å². The van der Waals surface area contributed by atoms with Gasteiger partial charge in [-0.15, -0.1) is 0 Å². The first-order valence-corrected chi connectivity index (χ1v) is 8.06. The molecule has 3 rings (SSSR count). The molecule has 0 saturated heterocycles. The van der Waals surface area contributed by atoms with E-state index in [1.54, 1.807) is 6.20 Å². The summed E-state index contributed by atoms with van der Waals surface area (Å²) in [6.07, 6.45) is -1.54. The molecule has 0 aliphatic carbocycles. The Kier molecular flexibility index (Phi) is 5.98. The Morgan fingerprint density at radius 3 is 2.58 bits per heavy atom. The van der Waals surface area contributed by atoms with Crippen LogP contribution in [0, 0.1) is 0 Å². The van der Waals surface area contributed by atoms with E-state index in [-0.39, 0.29) is 0 Å². The van der Waals surface area contributed by atoms with E-state index in [9.17, 15) is 13.2 Å². The number of benzene rings is 1. The van der Waals surface area contributed by atoms with Gasteiger partial charge in [0.05, 0.1) is 23.0 Å². The number of thiazole rings is 1. The number of nitrogens with zero attached hydrogens (tertiary/aromatic N) is 2. The van der Waals surface area contributed by atoms with Crippen molar-refractivity contribution in [2.24, 2.45) is 0 Å². The molecule has 3 N–H and O–H groups in total. The summed E-state index contributed by atoms with van der Waals surface area (Å²) in [6, 6.07) is 8.07. The quantitative estimate of drug-likeness (QED) is 0.708. The number of carboxylic acid groups (broad SMARTS) is 1. The summed E-state index contributed by atoms with van der Waals surface area (Å²) in [7, 11) is 0. The van der Waals surface area contributed by atoms with E-state index in [0.717, 1.165) is 27.1 Å². The average Bonchev–Trinajstić information content (AvgIpc) is 2.94. The van der Waals surface area contributed by atoms with Crippen molar-refractivity contribution in [2.45, 2.75) is 13.1 Å². The van der Waals surface area contributed by atoms with E-state index in [0.29, 0.717) is 11.7 Å². The topological polar surface area (TPSA) is 98.3 Å². The van der Waals surface area contributed by atoms with Gasteiger partial charge >= 0.3 is 12.1 Å². The van der Waals surface area contributed by atoms with Gasteiger partial charge in [0.25, 0.3) is 0 Å². The molecule has 26 heavy (non-hydrogen) atoms. The van der Waals surface area contributed by atoms with Gasteiger partial charge in [-0.3, -0.25) is 4.98 Å². The number of fused-ring (bicyclic) bond motifs is 1. The predicted molar refractivity (Wildman–Crippen MR) is 92.1 cm³/mol. The number of carbonyl (C=O) groups is 1. The predicted octanol–water partition coefficient (Wildman–Crippen LogP) is 3.97. The molecule has 0 radical (unpaired) electrons. The molecule has 0 spiro atoms. The molecule has 6 nitrogen and oxygen atoms in total. The average molecular weight is 385 g/mol. The fraction of sp³-hybridized carbons (Fsp3) is 0.188. The number of halogens is 3. The minimum Gasteiger partial charge on any atom is -0.492 e. The fourth-order valence-electron chi connectivity index (χ4n) is 1.94. The SMILES string of the molecule is CCOc1cncc(-c2ccc3nc(N)sc3c2)c1.O=C(O)C(F)(F)F. The van der Waals surface area contributed by atoms with Gasteiger partial charge in [-0.25, -0.2) is 9.78 Å². The van der Waals surface area contributed by atoms with Gasteiger partial charge in [-0.1, -0.05) is 17.4 Å². The van der Waals surface area contributed by atoms with Crippen LogP contribution in [-0.2, 0) is 4.79 Å². The molecule has 0 amide bonds. The molecule has 0 atom stereocenters. The summed E-state index contributed by atoms with van der Waals surface area (Å²) in [5.74, 6) is -1.98. The summed E-state index contributed by atoms with van der Waals surface area (Å²) < 4.78 is 38.3. The van der Waals surface area contributed by atoms with Gasteiger partial charge in [0, 0.05) is 11.8 Å². The maximum Gasteiger partial charge on any atom is 0.490 e. The van der Waals surface area contributed by atoms with Gasteiger partial charge in [-0.2, -0.15) is 13.2 Å². The monoisotopic (exact) mass is 385 g/mol. The molecule has 0 saturated carbocycles. The summed E-state index contributed by atoms with van der Waals surface area (Å²) >= 11 is 1.49. The van der Waals surface area contributed by atoms with Crippen LogP contribution in [0.3, 0.4) is 0 Å². The van der Waals surface area contributed by atoms with Gasteiger partial charge < -0.3 is 15.6 Å². The van der Waals surface area contributed by atoms with Crippen molar-refractivity contribution in [3.8, 4) is 16.9 Å². The van der Waals surface area contributed by atoms with Crippen LogP contribution in [0.15, 0.2) is 36.7 Å².